The summed E-state index contributed by atoms with van der Waals surface area (Å²) in [4.78, 5) is 0. The van der Waals surface area contributed by atoms with Gasteiger partial charge in [-0.3, -0.25) is 0 Å². The van der Waals surface area contributed by atoms with E-state index in [1.165, 1.54) is 5.56 Å². The van der Waals surface area contributed by atoms with Gasteiger partial charge in [-0.15, -0.1) is 5.10 Å². The van der Waals surface area contributed by atoms with Crippen molar-refractivity contribution in [2.75, 3.05) is 19.5 Å². The van der Waals surface area contributed by atoms with E-state index in [1.54, 1.807) is 14.2 Å². The Hall–Kier alpha value is -3.09. The third kappa shape index (κ3) is 3.72. The number of aromatic nitrogens is 4. The van der Waals surface area contributed by atoms with Crippen LogP contribution in [0.5, 0.6) is 11.5 Å². The SMILES string of the molecule is COc1ccc(-n2nnnc2C2(Nc3ccc(C(C)C)cc3)CCCC2)cc1OC. The molecular weight excluding hydrogens is 378 g/mol. The first-order valence-corrected chi connectivity index (χ1v) is 10.5. The van der Waals surface area contributed by atoms with Crippen molar-refractivity contribution < 1.29 is 9.47 Å². The molecular formula is C23H29N5O2. The van der Waals surface area contributed by atoms with E-state index in [0.29, 0.717) is 17.4 Å². The summed E-state index contributed by atoms with van der Waals surface area (Å²) in [6.07, 6.45) is 4.23. The zero-order valence-corrected chi connectivity index (χ0v) is 18.1. The number of ether oxygens (including phenoxy) is 2. The molecule has 7 heteroatoms. The van der Waals surface area contributed by atoms with Crippen molar-refractivity contribution in [3.63, 3.8) is 0 Å². The summed E-state index contributed by atoms with van der Waals surface area (Å²) in [6, 6.07) is 14.4. The smallest absolute Gasteiger partial charge is 0.181 e. The van der Waals surface area contributed by atoms with E-state index in [4.69, 9.17) is 9.47 Å². The van der Waals surface area contributed by atoms with Gasteiger partial charge in [0, 0.05) is 11.8 Å². The molecule has 1 fully saturated rings. The summed E-state index contributed by atoms with van der Waals surface area (Å²) < 4.78 is 12.6. The van der Waals surface area contributed by atoms with Crippen LogP contribution in [0.3, 0.4) is 0 Å². The third-order valence-electron chi connectivity index (χ3n) is 5.93. The van der Waals surface area contributed by atoms with Crippen LogP contribution >= 0.6 is 0 Å². The topological polar surface area (TPSA) is 74.1 Å². The molecule has 1 aromatic heterocycles. The molecule has 1 saturated carbocycles. The Kier molecular flexibility index (Phi) is 5.61. The number of methoxy groups -OCH3 is 2. The van der Waals surface area contributed by atoms with Crippen LogP contribution in [0.1, 0.15) is 56.8 Å². The van der Waals surface area contributed by atoms with Crippen LogP contribution < -0.4 is 14.8 Å². The van der Waals surface area contributed by atoms with Crippen LogP contribution in [0.4, 0.5) is 5.69 Å². The van der Waals surface area contributed by atoms with Crippen LogP contribution in [0, 0.1) is 0 Å². The molecule has 158 valence electrons. The quantitative estimate of drug-likeness (QED) is 0.613. The zero-order valence-electron chi connectivity index (χ0n) is 18.1. The van der Waals surface area contributed by atoms with Gasteiger partial charge in [-0.2, -0.15) is 4.68 Å². The monoisotopic (exact) mass is 407 g/mol. The van der Waals surface area contributed by atoms with Crippen molar-refractivity contribution >= 4 is 5.69 Å². The van der Waals surface area contributed by atoms with Gasteiger partial charge >= 0.3 is 0 Å². The molecule has 1 aliphatic carbocycles. The summed E-state index contributed by atoms with van der Waals surface area (Å²) in [7, 11) is 3.25. The highest BCUT2D eigenvalue weighted by atomic mass is 16.5. The zero-order chi connectivity index (χ0) is 21.1. The molecule has 0 unspecified atom stereocenters. The maximum atomic E-state index is 5.47. The number of rotatable bonds is 7. The Morgan fingerprint density at radius 1 is 0.967 bits per heavy atom. The van der Waals surface area contributed by atoms with Gasteiger partial charge in [0.25, 0.3) is 0 Å². The fourth-order valence-corrected chi connectivity index (χ4v) is 4.23. The van der Waals surface area contributed by atoms with E-state index in [0.717, 1.165) is 42.9 Å². The highest BCUT2D eigenvalue weighted by molar-refractivity contribution is 5.51. The minimum Gasteiger partial charge on any atom is -0.493 e. The number of hydrogen-bond donors (Lipinski definition) is 1. The Bertz CT molecular complexity index is 991. The van der Waals surface area contributed by atoms with Crippen LogP contribution in [0.15, 0.2) is 42.5 Å². The van der Waals surface area contributed by atoms with Crippen LogP contribution in [0.2, 0.25) is 0 Å². The maximum Gasteiger partial charge on any atom is 0.181 e. The normalized spacial score (nSPS) is 15.4. The standard InChI is InChI=1S/C23H29N5O2/c1-16(2)17-7-9-18(10-8-17)24-23(13-5-6-14-23)22-25-26-27-28(22)19-11-12-20(29-3)21(15-19)30-4/h7-12,15-16,24H,5-6,13-14H2,1-4H3. The lowest BCUT2D eigenvalue weighted by atomic mass is 9.95. The molecule has 4 rings (SSSR count). The number of hydrogen-bond acceptors (Lipinski definition) is 6. The van der Waals surface area contributed by atoms with E-state index >= 15 is 0 Å². The summed E-state index contributed by atoms with van der Waals surface area (Å²) >= 11 is 0. The first kappa shape index (κ1) is 20.2. The second kappa shape index (κ2) is 8.34. The Morgan fingerprint density at radius 3 is 2.30 bits per heavy atom. The number of nitrogens with zero attached hydrogens (tertiary/aromatic N) is 4. The minimum atomic E-state index is -0.310. The number of nitrogens with one attached hydrogen (secondary N) is 1. The Balaban J connectivity index is 1.70. The molecule has 1 N–H and O–H groups in total. The lowest BCUT2D eigenvalue weighted by Gasteiger charge is -2.30. The van der Waals surface area contributed by atoms with Gasteiger partial charge in [0.05, 0.1) is 25.4 Å². The summed E-state index contributed by atoms with van der Waals surface area (Å²) in [5, 5.41) is 16.5. The average molecular weight is 408 g/mol. The average Bonchev–Trinajstić information content (AvgIpc) is 3.44. The van der Waals surface area contributed by atoms with Crippen LogP contribution in [-0.2, 0) is 5.54 Å². The second-order valence-electron chi connectivity index (χ2n) is 8.14. The van der Waals surface area contributed by atoms with E-state index in [-0.39, 0.29) is 5.54 Å². The maximum absolute atomic E-state index is 5.47. The lowest BCUT2D eigenvalue weighted by Crippen LogP contribution is -2.35. The molecule has 0 bridgehead atoms. The van der Waals surface area contributed by atoms with Crippen LogP contribution in [0.25, 0.3) is 5.69 Å². The summed E-state index contributed by atoms with van der Waals surface area (Å²) in [5.41, 5.74) is 2.95. The minimum absolute atomic E-state index is 0.310. The van der Waals surface area contributed by atoms with E-state index in [2.05, 4.69) is 59.0 Å². The highest BCUT2D eigenvalue weighted by Crippen LogP contribution is 2.41. The fraction of sp³-hybridized carbons (Fsp3) is 0.435. The molecule has 0 radical (unpaired) electrons. The van der Waals surface area contributed by atoms with E-state index < -0.39 is 0 Å². The van der Waals surface area contributed by atoms with Crippen LogP contribution in [-0.4, -0.2) is 34.4 Å². The van der Waals surface area contributed by atoms with Crippen molar-refractivity contribution in [3.8, 4) is 17.2 Å². The molecule has 0 saturated heterocycles. The molecule has 0 spiro atoms. The largest absolute Gasteiger partial charge is 0.493 e. The molecule has 0 aliphatic heterocycles. The predicted molar refractivity (Wildman–Crippen MR) is 117 cm³/mol. The molecule has 0 amide bonds. The van der Waals surface area contributed by atoms with Gasteiger partial charge in [-0.1, -0.05) is 38.8 Å². The van der Waals surface area contributed by atoms with Gasteiger partial charge in [0.2, 0.25) is 0 Å². The predicted octanol–water partition coefficient (Wildman–Crippen LogP) is 4.68. The second-order valence-corrected chi connectivity index (χ2v) is 8.14. The molecule has 0 atom stereocenters. The van der Waals surface area contributed by atoms with Crippen molar-refractivity contribution in [3.05, 3.63) is 53.9 Å². The lowest BCUT2D eigenvalue weighted by molar-refractivity contribution is 0.354. The Morgan fingerprint density at radius 2 is 1.67 bits per heavy atom. The number of tetrazole rings is 1. The molecule has 30 heavy (non-hydrogen) atoms. The molecule has 2 aromatic carbocycles. The molecule has 3 aromatic rings. The van der Waals surface area contributed by atoms with E-state index in [9.17, 15) is 0 Å². The first-order chi connectivity index (χ1) is 14.6. The van der Waals surface area contributed by atoms with Crippen molar-refractivity contribution in [1.29, 1.82) is 0 Å². The summed E-state index contributed by atoms with van der Waals surface area (Å²) in [6.45, 7) is 4.41. The van der Waals surface area contributed by atoms with Crippen molar-refractivity contribution in [2.24, 2.45) is 0 Å². The van der Waals surface area contributed by atoms with Crippen molar-refractivity contribution in [2.45, 2.75) is 51.0 Å². The third-order valence-corrected chi connectivity index (χ3v) is 5.93. The number of benzene rings is 2. The highest BCUT2D eigenvalue weighted by Gasteiger charge is 2.41. The molecule has 1 aliphatic rings. The number of anilines is 1. The fourth-order valence-electron chi connectivity index (χ4n) is 4.23. The Labute approximate surface area is 177 Å². The molecule has 1 heterocycles. The van der Waals surface area contributed by atoms with Gasteiger partial charge in [0.15, 0.2) is 17.3 Å². The van der Waals surface area contributed by atoms with Gasteiger partial charge < -0.3 is 14.8 Å². The van der Waals surface area contributed by atoms with E-state index in [1.807, 2.05) is 22.9 Å². The van der Waals surface area contributed by atoms with Gasteiger partial charge in [-0.05, 0) is 59.0 Å². The summed E-state index contributed by atoms with van der Waals surface area (Å²) in [5.74, 6) is 2.65. The first-order valence-electron chi connectivity index (χ1n) is 10.5. The van der Waals surface area contributed by atoms with Gasteiger partial charge in [-0.25, -0.2) is 0 Å². The van der Waals surface area contributed by atoms with Gasteiger partial charge in [0.1, 0.15) is 0 Å². The molecule has 7 nitrogen and oxygen atoms in total. The van der Waals surface area contributed by atoms with Crippen molar-refractivity contribution in [1.82, 2.24) is 20.2 Å².